The monoisotopic (exact) mass is 292 g/mol. The third-order valence-electron chi connectivity index (χ3n) is 6.74. The Morgan fingerprint density at radius 2 is 1.62 bits per heavy atom. The van der Waals surface area contributed by atoms with Gasteiger partial charge in [-0.05, 0) is 63.3 Å². The highest BCUT2D eigenvalue weighted by molar-refractivity contribution is 4.96. The van der Waals surface area contributed by atoms with E-state index in [1.165, 1.54) is 64.6 Å². The van der Waals surface area contributed by atoms with E-state index in [9.17, 15) is 0 Å². The summed E-state index contributed by atoms with van der Waals surface area (Å²) in [5.41, 5.74) is 0. The van der Waals surface area contributed by atoms with E-state index in [2.05, 4.69) is 31.0 Å². The molecule has 0 radical (unpaired) electrons. The fourth-order valence-electron chi connectivity index (χ4n) is 5.21. The van der Waals surface area contributed by atoms with Crippen molar-refractivity contribution >= 4 is 0 Å². The lowest BCUT2D eigenvalue weighted by atomic mass is 9.72. The minimum Gasteiger partial charge on any atom is -0.313 e. The van der Waals surface area contributed by atoms with E-state index >= 15 is 0 Å². The number of hydrogen-bond donors (Lipinski definition) is 1. The molecule has 2 heteroatoms. The number of hydrogen-bond acceptors (Lipinski definition) is 2. The number of rotatable bonds is 4. The molecule has 2 aliphatic carbocycles. The van der Waals surface area contributed by atoms with Gasteiger partial charge in [0.05, 0.1) is 0 Å². The van der Waals surface area contributed by atoms with E-state index in [0.717, 1.165) is 35.8 Å². The van der Waals surface area contributed by atoms with E-state index in [-0.39, 0.29) is 0 Å². The van der Waals surface area contributed by atoms with Crippen LogP contribution in [0.15, 0.2) is 0 Å². The predicted molar refractivity (Wildman–Crippen MR) is 90.5 cm³/mol. The lowest BCUT2D eigenvalue weighted by Gasteiger charge is -2.49. The Labute approximate surface area is 132 Å². The van der Waals surface area contributed by atoms with Gasteiger partial charge >= 0.3 is 0 Å². The molecule has 2 bridgehead atoms. The van der Waals surface area contributed by atoms with Crippen molar-refractivity contribution < 1.29 is 0 Å². The number of nitrogens with one attached hydrogen (secondary N) is 1. The number of nitrogens with zero attached hydrogens (tertiary/aromatic N) is 1. The van der Waals surface area contributed by atoms with Crippen molar-refractivity contribution in [3.63, 3.8) is 0 Å². The minimum atomic E-state index is 0.729. The molecule has 0 aromatic carbocycles. The molecule has 1 heterocycles. The second kappa shape index (κ2) is 7.00. The fourth-order valence-corrected chi connectivity index (χ4v) is 5.21. The summed E-state index contributed by atoms with van der Waals surface area (Å²) in [5.74, 6) is 3.72. The molecule has 2 nitrogen and oxygen atoms in total. The van der Waals surface area contributed by atoms with Crippen molar-refractivity contribution in [1.82, 2.24) is 10.2 Å². The third kappa shape index (κ3) is 3.64. The molecule has 3 rings (SSSR count). The quantitative estimate of drug-likeness (QED) is 0.845. The van der Waals surface area contributed by atoms with E-state index in [1.807, 2.05) is 0 Å². The van der Waals surface area contributed by atoms with Crippen molar-refractivity contribution in [1.29, 1.82) is 0 Å². The molecule has 3 aliphatic rings. The van der Waals surface area contributed by atoms with E-state index in [0.29, 0.717) is 0 Å². The van der Waals surface area contributed by atoms with Gasteiger partial charge in [0.1, 0.15) is 0 Å². The number of piperidine rings is 1. The van der Waals surface area contributed by atoms with Crippen LogP contribution in [0.1, 0.15) is 65.7 Å². The maximum Gasteiger partial charge on any atom is 0.0148 e. The predicted octanol–water partition coefficient (Wildman–Crippen LogP) is 3.91. The summed E-state index contributed by atoms with van der Waals surface area (Å²) in [6, 6.07) is 1.55. The minimum absolute atomic E-state index is 0.729. The lowest BCUT2D eigenvalue weighted by molar-refractivity contribution is 0.0263. The molecule has 1 aliphatic heterocycles. The van der Waals surface area contributed by atoms with Gasteiger partial charge < -0.3 is 10.2 Å². The second-order valence-electron chi connectivity index (χ2n) is 8.45. The summed E-state index contributed by atoms with van der Waals surface area (Å²) < 4.78 is 0. The van der Waals surface area contributed by atoms with Gasteiger partial charge in [0, 0.05) is 25.2 Å². The molecule has 4 unspecified atom stereocenters. The van der Waals surface area contributed by atoms with Crippen LogP contribution < -0.4 is 5.32 Å². The Morgan fingerprint density at radius 3 is 2.24 bits per heavy atom. The zero-order chi connectivity index (χ0) is 14.8. The highest BCUT2D eigenvalue weighted by atomic mass is 15.2. The molecule has 1 saturated heterocycles. The zero-order valence-electron chi connectivity index (χ0n) is 14.5. The van der Waals surface area contributed by atoms with Gasteiger partial charge in [-0.1, -0.05) is 32.6 Å². The van der Waals surface area contributed by atoms with Crippen LogP contribution in [0.4, 0.5) is 0 Å². The average Bonchev–Trinajstić information content (AvgIpc) is 2.45. The first-order valence-electron chi connectivity index (χ1n) is 9.62. The molecule has 3 fully saturated rings. The van der Waals surface area contributed by atoms with Gasteiger partial charge in [0.2, 0.25) is 0 Å². The van der Waals surface area contributed by atoms with Crippen LogP contribution >= 0.6 is 0 Å². The molecule has 0 aromatic rings. The zero-order valence-corrected chi connectivity index (χ0v) is 14.5. The summed E-state index contributed by atoms with van der Waals surface area (Å²) >= 11 is 0. The summed E-state index contributed by atoms with van der Waals surface area (Å²) in [7, 11) is 0. The van der Waals surface area contributed by atoms with Gasteiger partial charge in [-0.3, -0.25) is 0 Å². The lowest BCUT2D eigenvalue weighted by Crippen LogP contribution is -2.59. The van der Waals surface area contributed by atoms with Crippen molar-refractivity contribution in [2.24, 2.45) is 23.7 Å². The van der Waals surface area contributed by atoms with Crippen LogP contribution in [0.2, 0.25) is 0 Å². The van der Waals surface area contributed by atoms with Gasteiger partial charge in [-0.15, -0.1) is 0 Å². The Hall–Kier alpha value is -0.0800. The Bertz CT molecular complexity index is 314. The maximum absolute atomic E-state index is 4.06. The van der Waals surface area contributed by atoms with Gasteiger partial charge in [0.15, 0.2) is 0 Å². The molecule has 0 amide bonds. The maximum atomic E-state index is 4.06. The average molecular weight is 293 g/mol. The summed E-state index contributed by atoms with van der Waals surface area (Å²) in [4.78, 5) is 2.73. The number of likely N-dealkylation sites (tertiary alicyclic amines) is 1. The molecular formula is C19H36N2. The Balaban J connectivity index is 1.55. The normalized spacial score (nSPS) is 41.4. The molecule has 2 saturated carbocycles. The molecular weight excluding hydrogens is 256 g/mol. The summed E-state index contributed by atoms with van der Waals surface area (Å²) in [6.07, 6.45) is 10.2. The third-order valence-corrected chi connectivity index (χ3v) is 6.74. The van der Waals surface area contributed by atoms with Crippen molar-refractivity contribution in [2.45, 2.75) is 77.8 Å². The SMILES string of the molecule is CC1CCCCC1CNC1C2CCCC1CN(C(C)C)C2. The smallest absolute Gasteiger partial charge is 0.0148 e. The van der Waals surface area contributed by atoms with Gasteiger partial charge in [-0.2, -0.15) is 0 Å². The van der Waals surface area contributed by atoms with Crippen LogP contribution in [-0.2, 0) is 0 Å². The number of fused-ring (bicyclic) bond motifs is 2. The first-order valence-corrected chi connectivity index (χ1v) is 9.62. The first-order chi connectivity index (χ1) is 10.1. The van der Waals surface area contributed by atoms with Gasteiger partial charge in [-0.25, -0.2) is 0 Å². The molecule has 21 heavy (non-hydrogen) atoms. The first kappa shape index (κ1) is 15.8. The van der Waals surface area contributed by atoms with Crippen LogP contribution in [0.25, 0.3) is 0 Å². The molecule has 0 spiro atoms. The Kier molecular flexibility index (Phi) is 5.27. The van der Waals surface area contributed by atoms with Crippen LogP contribution in [0.3, 0.4) is 0 Å². The summed E-state index contributed by atoms with van der Waals surface area (Å²) in [5, 5.41) is 4.06. The van der Waals surface area contributed by atoms with Gasteiger partial charge in [0.25, 0.3) is 0 Å². The topological polar surface area (TPSA) is 15.3 Å². The van der Waals surface area contributed by atoms with Crippen LogP contribution in [0, 0.1) is 23.7 Å². The summed E-state index contributed by atoms with van der Waals surface area (Å²) in [6.45, 7) is 11.2. The van der Waals surface area contributed by atoms with Crippen LogP contribution in [0.5, 0.6) is 0 Å². The van der Waals surface area contributed by atoms with Crippen molar-refractivity contribution in [3.8, 4) is 0 Å². The second-order valence-corrected chi connectivity index (χ2v) is 8.45. The fraction of sp³-hybridized carbons (Fsp3) is 1.00. The molecule has 0 aromatic heterocycles. The Morgan fingerprint density at radius 1 is 0.952 bits per heavy atom. The highest BCUT2D eigenvalue weighted by Gasteiger charge is 2.40. The highest BCUT2D eigenvalue weighted by Crippen LogP contribution is 2.36. The van der Waals surface area contributed by atoms with Crippen molar-refractivity contribution in [2.75, 3.05) is 19.6 Å². The van der Waals surface area contributed by atoms with E-state index in [4.69, 9.17) is 0 Å². The van der Waals surface area contributed by atoms with E-state index in [1.54, 1.807) is 0 Å². The standard InChI is InChI=1S/C19H36N2/c1-14(2)21-12-17-9-6-10-18(13-21)19(17)20-11-16-8-5-4-7-15(16)3/h14-20H,4-13H2,1-3H3. The molecule has 122 valence electrons. The largest absolute Gasteiger partial charge is 0.313 e. The van der Waals surface area contributed by atoms with Crippen molar-refractivity contribution in [3.05, 3.63) is 0 Å². The molecule has 1 N–H and O–H groups in total. The van der Waals surface area contributed by atoms with E-state index < -0.39 is 0 Å². The van der Waals surface area contributed by atoms with Crippen LogP contribution in [-0.4, -0.2) is 36.6 Å². The molecule has 4 atom stereocenters.